The van der Waals surface area contributed by atoms with E-state index in [-0.39, 0.29) is 42.9 Å². The van der Waals surface area contributed by atoms with Crippen LogP contribution in [0.2, 0.25) is 0 Å². The summed E-state index contributed by atoms with van der Waals surface area (Å²) in [6.45, 7) is 5.69. The van der Waals surface area contributed by atoms with E-state index >= 15 is 0 Å². The predicted molar refractivity (Wildman–Crippen MR) is 117 cm³/mol. The number of sulfone groups is 1. The number of hydrogen-bond acceptors (Lipinski definition) is 9. The average Bonchev–Trinajstić information content (AvgIpc) is 2.72. The third kappa shape index (κ3) is 5.97. The molecular formula is C20H29N5O4S. The van der Waals surface area contributed by atoms with Gasteiger partial charge in [0.2, 0.25) is 15.8 Å². The molecule has 0 aliphatic carbocycles. The van der Waals surface area contributed by atoms with Gasteiger partial charge in [-0.3, -0.25) is 5.41 Å². The lowest BCUT2D eigenvalue weighted by Crippen LogP contribution is -2.30. The third-order valence-corrected chi connectivity index (χ3v) is 6.35. The Morgan fingerprint density at radius 2 is 1.87 bits per heavy atom. The Morgan fingerprint density at radius 1 is 1.20 bits per heavy atom. The normalized spacial score (nSPS) is 12.6. The third-order valence-electron chi connectivity index (χ3n) is 4.60. The molecule has 9 nitrogen and oxygen atoms in total. The molecule has 0 aliphatic heterocycles. The monoisotopic (exact) mass is 435 g/mol. The van der Waals surface area contributed by atoms with Crippen LogP contribution in [0, 0.1) is 18.3 Å². The molecular weight excluding hydrogens is 406 g/mol. The minimum absolute atomic E-state index is 0.00295. The highest BCUT2D eigenvalue weighted by atomic mass is 32.2. The molecule has 0 amide bonds. The van der Waals surface area contributed by atoms with E-state index in [1.165, 1.54) is 12.1 Å². The van der Waals surface area contributed by atoms with Crippen LogP contribution in [0.5, 0.6) is 0 Å². The summed E-state index contributed by atoms with van der Waals surface area (Å²) in [5.41, 5.74) is 1.43. The summed E-state index contributed by atoms with van der Waals surface area (Å²) in [5, 5.41) is 31.9. The van der Waals surface area contributed by atoms with Crippen LogP contribution in [0.15, 0.2) is 35.4 Å². The predicted octanol–water partition coefficient (Wildman–Crippen LogP) is 2.48. The van der Waals surface area contributed by atoms with Gasteiger partial charge in [0.05, 0.1) is 17.5 Å². The number of rotatable bonds is 10. The molecule has 164 valence electrons. The highest BCUT2D eigenvalue weighted by Crippen LogP contribution is 2.21. The molecule has 2 rings (SSSR count). The van der Waals surface area contributed by atoms with E-state index in [4.69, 9.17) is 10.5 Å². The van der Waals surface area contributed by atoms with E-state index in [0.717, 1.165) is 5.56 Å². The molecule has 0 unspecified atom stereocenters. The van der Waals surface area contributed by atoms with Gasteiger partial charge in [0.15, 0.2) is 0 Å². The topological polar surface area (TPSA) is 148 Å². The highest BCUT2D eigenvalue weighted by Gasteiger charge is 2.20. The molecule has 0 radical (unpaired) electrons. The van der Waals surface area contributed by atoms with Crippen LogP contribution in [0.25, 0.3) is 0 Å². The van der Waals surface area contributed by atoms with E-state index < -0.39 is 14.9 Å². The van der Waals surface area contributed by atoms with Gasteiger partial charge in [-0.2, -0.15) is 4.98 Å². The molecule has 0 saturated heterocycles. The second kappa shape index (κ2) is 10.5. The fourth-order valence-corrected chi connectivity index (χ4v) is 3.80. The molecule has 0 aliphatic rings. The van der Waals surface area contributed by atoms with Gasteiger partial charge in [0.25, 0.3) is 0 Å². The van der Waals surface area contributed by atoms with Crippen molar-refractivity contribution in [1.29, 1.82) is 5.41 Å². The fraction of sp³-hybridized carbons (Fsp3) is 0.450. The van der Waals surface area contributed by atoms with Crippen molar-refractivity contribution in [2.45, 2.75) is 44.6 Å². The van der Waals surface area contributed by atoms with Crippen molar-refractivity contribution in [2.24, 2.45) is 5.92 Å². The zero-order chi connectivity index (χ0) is 22.3. The van der Waals surface area contributed by atoms with Crippen LogP contribution < -0.4 is 10.6 Å². The van der Waals surface area contributed by atoms with Crippen molar-refractivity contribution >= 4 is 32.3 Å². The summed E-state index contributed by atoms with van der Waals surface area (Å²) >= 11 is 0. The van der Waals surface area contributed by atoms with Crippen LogP contribution >= 0.6 is 0 Å². The quantitative estimate of drug-likeness (QED) is 0.282. The minimum atomic E-state index is -3.86. The second-order valence-electron chi connectivity index (χ2n) is 7.31. The first kappa shape index (κ1) is 23.7. The van der Waals surface area contributed by atoms with Gasteiger partial charge >= 0.3 is 0 Å². The molecule has 0 fully saturated rings. The van der Waals surface area contributed by atoms with Gasteiger partial charge in [-0.05, 0) is 43.5 Å². The van der Waals surface area contributed by atoms with Crippen LogP contribution in [0.1, 0.15) is 32.3 Å². The lowest BCUT2D eigenvalue weighted by atomic mass is 10.1. The lowest BCUT2D eigenvalue weighted by molar-refractivity contribution is 0.249. The van der Waals surface area contributed by atoms with Crippen LogP contribution in [-0.4, -0.2) is 52.9 Å². The van der Waals surface area contributed by atoms with E-state index in [1.54, 1.807) is 18.3 Å². The first-order valence-corrected chi connectivity index (χ1v) is 11.2. The number of aliphatic hydroxyl groups excluding tert-OH is 2. The van der Waals surface area contributed by atoms with Crippen LogP contribution in [0.3, 0.4) is 0 Å². The van der Waals surface area contributed by atoms with E-state index in [1.807, 2.05) is 20.8 Å². The molecule has 1 heterocycles. The number of nitrogens with zero attached hydrogens (tertiary/aromatic N) is 2. The van der Waals surface area contributed by atoms with E-state index in [2.05, 4.69) is 20.6 Å². The van der Waals surface area contributed by atoms with Gasteiger partial charge in [-0.1, -0.05) is 13.8 Å². The van der Waals surface area contributed by atoms with Crippen molar-refractivity contribution in [3.63, 3.8) is 0 Å². The Kier molecular flexibility index (Phi) is 8.27. The number of aromatic nitrogens is 2. The SMILES string of the molecule is Cc1cnc(Nc2ccc(S(=O)(=O)C(=N)CCCO)cc2)nc1N[C@@H](CO)C(C)C. The smallest absolute Gasteiger partial charge is 0.229 e. The van der Waals surface area contributed by atoms with Gasteiger partial charge < -0.3 is 20.8 Å². The molecule has 2 aromatic rings. The summed E-state index contributed by atoms with van der Waals surface area (Å²) in [7, 11) is -3.86. The molecule has 5 N–H and O–H groups in total. The number of nitrogens with one attached hydrogen (secondary N) is 3. The van der Waals surface area contributed by atoms with Crippen molar-refractivity contribution in [1.82, 2.24) is 9.97 Å². The Bertz CT molecular complexity index is 962. The summed E-state index contributed by atoms with van der Waals surface area (Å²) in [6, 6.07) is 5.84. The standard InChI is InChI=1S/C20H29N5O4S/c1-13(2)17(12-27)24-19-14(3)11-22-20(25-19)23-15-6-8-16(9-7-15)30(28,29)18(21)5-4-10-26/h6-9,11,13,17,21,26-27H,4-5,10,12H2,1-3H3,(H2,22,23,24,25)/t17-/m0/s1. The summed E-state index contributed by atoms with van der Waals surface area (Å²) in [5.74, 6) is 1.15. The maximum Gasteiger partial charge on any atom is 0.229 e. The molecule has 0 saturated carbocycles. The fourth-order valence-electron chi connectivity index (χ4n) is 2.61. The van der Waals surface area contributed by atoms with Crippen molar-refractivity contribution in [2.75, 3.05) is 23.8 Å². The zero-order valence-corrected chi connectivity index (χ0v) is 18.2. The molecule has 30 heavy (non-hydrogen) atoms. The van der Waals surface area contributed by atoms with Crippen molar-refractivity contribution in [3.8, 4) is 0 Å². The van der Waals surface area contributed by atoms with E-state index in [0.29, 0.717) is 17.5 Å². The maximum absolute atomic E-state index is 12.4. The summed E-state index contributed by atoms with van der Waals surface area (Å²) < 4.78 is 24.8. The molecule has 0 bridgehead atoms. The van der Waals surface area contributed by atoms with Gasteiger partial charge in [-0.15, -0.1) is 0 Å². The zero-order valence-electron chi connectivity index (χ0n) is 17.4. The Labute approximate surface area is 177 Å². The molecule has 1 aromatic carbocycles. The molecule has 1 atom stereocenters. The number of aryl methyl sites for hydroxylation is 1. The van der Waals surface area contributed by atoms with Gasteiger partial charge in [-0.25, -0.2) is 13.4 Å². The van der Waals surface area contributed by atoms with E-state index in [9.17, 15) is 13.5 Å². The first-order valence-electron chi connectivity index (χ1n) is 9.70. The summed E-state index contributed by atoms with van der Waals surface area (Å²) in [4.78, 5) is 8.71. The number of hydrogen-bond donors (Lipinski definition) is 5. The molecule has 1 aromatic heterocycles. The van der Waals surface area contributed by atoms with Crippen molar-refractivity contribution in [3.05, 3.63) is 36.0 Å². The van der Waals surface area contributed by atoms with Crippen molar-refractivity contribution < 1.29 is 18.6 Å². The largest absolute Gasteiger partial charge is 0.396 e. The molecule has 10 heteroatoms. The number of aliphatic hydroxyl groups is 2. The summed E-state index contributed by atoms with van der Waals surface area (Å²) in [6.07, 6.45) is 1.89. The molecule has 0 spiro atoms. The second-order valence-corrected chi connectivity index (χ2v) is 9.28. The highest BCUT2D eigenvalue weighted by molar-refractivity contribution is 8.06. The Morgan fingerprint density at radius 3 is 2.43 bits per heavy atom. The minimum Gasteiger partial charge on any atom is -0.396 e. The Balaban J connectivity index is 2.16. The lowest BCUT2D eigenvalue weighted by Gasteiger charge is -2.21. The maximum atomic E-state index is 12.4. The Hall–Kier alpha value is -2.56. The number of anilines is 3. The number of benzene rings is 1. The first-order chi connectivity index (χ1) is 14.2. The van der Waals surface area contributed by atoms with Gasteiger partial charge in [0.1, 0.15) is 10.9 Å². The average molecular weight is 436 g/mol. The van der Waals surface area contributed by atoms with Crippen LogP contribution in [0.4, 0.5) is 17.5 Å². The van der Waals surface area contributed by atoms with Gasteiger partial charge in [0, 0.05) is 30.5 Å². The van der Waals surface area contributed by atoms with Crippen LogP contribution in [-0.2, 0) is 9.84 Å².